The summed E-state index contributed by atoms with van der Waals surface area (Å²) < 4.78 is 100. The Morgan fingerprint density at radius 3 is 2.18 bits per heavy atom. The highest BCUT2D eigenvalue weighted by Gasteiger charge is 2.54. The van der Waals surface area contributed by atoms with E-state index in [9.17, 15) is 45.4 Å². The van der Waals surface area contributed by atoms with Crippen LogP contribution in [0.3, 0.4) is 0 Å². The zero-order valence-electron chi connectivity index (χ0n) is 22.7. The van der Waals surface area contributed by atoms with Crippen LogP contribution in [0.4, 0.5) is 36.4 Å². The molecular formula is C31H21F7N2O4. The fraction of sp³-hybridized carbons (Fsp3) is 0.258. The molecule has 0 radical (unpaired) electrons. The Labute approximate surface area is 246 Å². The molecule has 228 valence electrons. The molecule has 1 unspecified atom stereocenters. The molecule has 3 aromatic carbocycles. The molecule has 0 spiro atoms. The third-order valence-corrected chi connectivity index (χ3v) is 7.11. The van der Waals surface area contributed by atoms with Gasteiger partial charge in [-0.1, -0.05) is 11.8 Å². The molecule has 0 aromatic heterocycles. The maximum atomic E-state index is 14.9. The first-order valence-corrected chi connectivity index (χ1v) is 12.8. The van der Waals surface area contributed by atoms with Crippen LogP contribution < -0.4 is 5.32 Å². The lowest BCUT2D eigenvalue weighted by Gasteiger charge is -2.28. The van der Waals surface area contributed by atoms with Crippen LogP contribution in [0.25, 0.3) is 0 Å². The minimum absolute atomic E-state index is 0.0748. The average Bonchev–Trinajstić information content (AvgIpc) is 3.74. The number of aliphatic hydroxyl groups is 1. The highest BCUT2D eigenvalue weighted by molar-refractivity contribution is 6.00. The van der Waals surface area contributed by atoms with Crippen LogP contribution in [0.15, 0.2) is 60.7 Å². The van der Waals surface area contributed by atoms with E-state index in [1.165, 1.54) is 37.4 Å². The van der Waals surface area contributed by atoms with Crippen molar-refractivity contribution in [1.29, 1.82) is 5.26 Å². The first-order chi connectivity index (χ1) is 20.5. The first-order valence-electron chi connectivity index (χ1n) is 12.8. The van der Waals surface area contributed by atoms with Crippen molar-refractivity contribution in [2.75, 3.05) is 12.4 Å². The summed E-state index contributed by atoms with van der Waals surface area (Å²) in [6.07, 6.45) is -10.3. The Balaban J connectivity index is 1.75. The summed E-state index contributed by atoms with van der Waals surface area (Å²) in [5, 5.41) is 22.8. The van der Waals surface area contributed by atoms with Crippen molar-refractivity contribution < 1.29 is 50.2 Å². The standard InChI is InChI=1S/C31H21F7N2O4/c1-44-26(41)19-4-2-18(3-5-19)10-11-29(43,27(42)40-22-8-6-20(16-39)23(15-22)31(36,37)38)17-28(12-13-28)24-14-21(30(33,34)35)7-9-25(24)32/h2-9,14-15,43H,12-13,17H2,1H3,(H,40,42). The van der Waals surface area contributed by atoms with Gasteiger partial charge in [0.2, 0.25) is 5.60 Å². The van der Waals surface area contributed by atoms with Gasteiger partial charge in [0.15, 0.2) is 0 Å². The van der Waals surface area contributed by atoms with Crippen LogP contribution in [0.2, 0.25) is 0 Å². The number of hydrogen-bond acceptors (Lipinski definition) is 5. The summed E-state index contributed by atoms with van der Waals surface area (Å²) in [6.45, 7) is 0. The summed E-state index contributed by atoms with van der Waals surface area (Å²) in [5.74, 6) is 1.88. The molecule has 1 aliphatic carbocycles. The smallest absolute Gasteiger partial charge is 0.417 e. The number of nitriles is 1. The lowest BCUT2D eigenvalue weighted by molar-refractivity contribution is -0.138. The molecule has 1 aliphatic rings. The molecule has 1 fully saturated rings. The van der Waals surface area contributed by atoms with Crippen LogP contribution in [0.5, 0.6) is 0 Å². The summed E-state index contributed by atoms with van der Waals surface area (Å²) in [7, 11) is 1.17. The molecule has 3 aromatic rings. The highest BCUT2D eigenvalue weighted by Crippen LogP contribution is 2.55. The SMILES string of the molecule is COC(=O)c1ccc(C#CC(O)(CC2(c3cc(C(F)(F)F)ccc3F)CC2)C(=O)Nc2ccc(C#N)c(C(F)(F)F)c2)cc1. The van der Waals surface area contributed by atoms with Gasteiger partial charge >= 0.3 is 18.3 Å². The fourth-order valence-electron chi connectivity index (χ4n) is 4.64. The fourth-order valence-corrected chi connectivity index (χ4v) is 4.64. The number of amides is 1. The predicted molar refractivity (Wildman–Crippen MR) is 141 cm³/mol. The second kappa shape index (κ2) is 11.7. The molecule has 2 N–H and O–H groups in total. The van der Waals surface area contributed by atoms with Gasteiger partial charge < -0.3 is 15.2 Å². The van der Waals surface area contributed by atoms with Crippen molar-refractivity contribution in [3.63, 3.8) is 0 Å². The third kappa shape index (κ3) is 6.84. The van der Waals surface area contributed by atoms with Gasteiger partial charge in [0, 0.05) is 23.1 Å². The summed E-state index contributed by atoms with van der Waals surface area (Å²) in [5.41, 5.74) is -7.98. The Morgan fingerprint density at radius 1 is 0.977 bits per heavy atom. The Morgan fingerprint density at radius 2 is 1.64 bits per heavy atom. The number of methoxy groups -OCH3 is 1. The minimum atomic E-state index is -4.96. The molecule has 1 saturated carbocycles. The lowest BCUT2D eigenvalue weighted by Crippen LogP contribution is -2.44. The van der Waals surface area contributed by atoms with Crippen molar-refractivity contribution in [3.8, 4) is 17.9 Å². The molecule has 44 heavy (non-hydrogen) atoms. The van der Waals surface area contributed by atoms with E-state index in [0.717, 1.165) is 12.1 Å². The molecule has 1 amide bonds. The summed E-state index contributed by atoms with van der Waals surface area (Å²) in [4.78, 5) is 25.2. The second-order valence-corrected chi connectivity index (χ2v) is 10.2. The van der Waals surface area contributed by atoms with Crippen LogP contribution in [0.1, 0.15) is 57.4 Å². The molecule has 1 atom stereocenters. The molecule has 0 aliphatic heterocycles. The number of ether oxygens (including phenoxy) is 1. The van der Waals surface area contributed by atoms with Gasteiger partial charge in [-0.3, -0.25) is 4.79 Å². The van der Waals surface area contributed by atoms with Crippen molar-refractivity contribution in [2.24, 2.45) is 0 Å². The number of hydrogen-bond donors (Lipinski definition) is 2. The van der Waals surface area contributed by atoms with Crippen LogP contribution in [-0.4, -0.2) is 29.7 Å². The van der Waals surface area contributed by atoms with E-state index >= 15 is 0 Å². The lowest BCUT2D eigenvalue weighted by atomic mass is 9.81. The largest absolute Gasteiger partial charge is 0.465 e. The minimum Gasteiger partial charge on any atom is -0.465 e. The van der Waals surface area contributed by atoms with E-state index in [1.54, 1.807) is 0 Å². The topological polar surface area (TPSA) is 99.4 Å². The van der Waals surface area contributed by atoms with E-state index in [-0.39, 0.29) is 24.0 Å². The number of halogens is 7. The Bertz CT molecular complexity index is 1710. The first kappa shape index (κ1) is 32.0. The predicted octanol–water partition coefficient (Wildman–Crippen LogP) is 6.36. The molecule has 4 rings (SSSR count). The van der Waals surface area contributed by atoms with Crippen molar-refractivity contribution in [1.82, 2.24) is 0 Å². The van der Waals surface area contributed by atoms with Crippen LogP contribution in [0, 0.1) is 29.0 Å². The number of benzene rings is 3. The number of carbonyl (C=O) groups is 2. The Hall–Kier alpha value is -4.88. The van der Waals surface area contributed by atoms with Crippen molar-refractivity contribution in [2.45, 2.75) is 42.6 Å². The number of nitrogens with one attached hydrogen (secondary N) is 1. The van der Waals surface area contributed by atoms with Gasteiger partial charge in [-0.25, -0.2) is 9.18 Å². The Kier molecular flexibility index (Phi) is 8.49. The normalized spacial score (nSPS) is 15.2. The zero-order valence-corrected chi connectivity index (χ0v) is 22.7. The molecule has 0 bridgehead atoms. The van der Waals surface area contributed by atoms with E-state index in [2.05, 4.69) is 21.9 Å². The number of esters is 1. The van der Waals surface area contributed by atoms with Gasteiger partial charge in [-0.15, -0.1) is 0 Å². The van der Waals surface area contributed by atoms with E-state index in [1.807, 2.05) is 0 Å². The maximum Gasteiger partial charge on any atom is 0.417 e. The summed E-state index contributed by atoms with van der Waals surface area (Å²) >= 11 is 0. The van der Waals surface area contributed by atoms with Gasteiger partial charge in [0.25, 0.3) is 5.91 Å². The van der Waals surface area contributed by atoms with Crippen molar-refractivity contribution >= 4 is 17.6 Å². The van der Waals surface area contributed by atoms with E-state index in [0.29, 0.717) is 24.3 Å². The molecule has 0 heterocycles. The number of anilines is 1. The molecular weight excluding hydrogens is 597 g/mol. The quantitative estimate of drug-likeness (QED) is 0.190. The highest BCUT2D eigenvalue weighted by atomic mass is 19.4. The number of nitrogens with zero attached hydrogens (tertiary/aromatic N) is 1. The molecule has 0 saturated heterocycles. The number of alkyl halides is 6. The molecule has 13 heteroatoms. The van der Waals surface area contributed by atoms with Crippen LogP contribution >= 0.6 is 0 Å². The number of carbonyl (C=O) groups excluding carboxylic acids is 2. The van der Waals surface area contributed by atoms with E-state index < -0.39 is 75.4 Å². The maximum absolute atomic E-state index is 14.9. The van der Waals surface area contributed by atoms with Gasteiger partial charge in [0.05, 0.1) is 35.4 Å². The van der Waals surface area contributed by atoms with Gasteiger partial charge in [-0.05, 0) is 79.1 Å². The van der Waals surface area contributed by atoms with Gasteiger partial charge in [-0.2, -0.15) is 31.6 Å². The monoisotopic (exact) mass is 618 g/mol. The zero-order chi connectivity index (χ0) is 32.5. The summed E-state index contributed by atoms with van der Waals surface area (Å²) in [6, 6.07) is 10.8. The van der Waals surface area contributed by atoms with Gasteiger partial charge in [0.1, 0.15) is 5.82 Å². The third-order valence-electron chi connectivity index (χ3n) is 7.11. The van der Waals surface area contributed by atoms with E-state index in [4.69, 9.17) is 5.26 Å². The molecule has 6 nitrogen and oxygen atoms in total. The second-order valence-electron chi connectivity index (χ2n) is 10.2. The number of rotatable bonds is 6. The van der Waals surface area contributed by atoms with Crippen LogP contribution in [-0.2, 0) is 27.3 Å². The van der Waals surface area contributed by atoms with Crippen molar-refractivity contribution in [3.05, 3.63) is 99.9 Å². The average molecular weight is 619 g/mol.